The van der Waals surface area contributed by atoms with Gasteiger partial charge in [0, 0.05) is 17.4 Å². The predicted octanol–water partition coefficient (Wildman–Crippen LogP) is 1.51. The Morgan fingerprint density at radius 2 is 2.09 bits per heavy atom. The molecule has 1 aromatic carbocycles. The first-order chi connectivity index (χ1) is 10.6. The predicted molar refractivity (Wildman–Crippen MR) is 79.8 cm³/mol. The number of carbonyl (C=O) groups excluding carboxylic acids is 1. The number of rotatable bonds is 1. The lowest BCUT2D eigenvalue weighted by molar-refractivity contribution is 0.0956. The van der Waals surface area contributed by atoms with Gasteiger partial charge in [0.1, 0.15) is 5.52 Å². The third kappa shape index (κ3) is 1.72. The fourth-order valence-electron chi connectivity index (χ4n) is 2.41. The normalized spacial score (nSPS) is 11.3. The van der Waals surface area contributed by atoms with Crippen LogP contribution >= 0.6 is 0 Å². The number of fused-ring (bicyclic) bond motifs is 2. The van der Waals surface area contributed by atoms with Crippen molar-refractivity contribution in [1.29, 1.82) is 0 Å². The third-order valence-electron chi connectivity index (χ3n) is 3.47. The number of anilines is 1. The van der Waals surface area contributed by atoms with Gasteiger partial charge in [-0.1, -0.05) is 0 Å². The Morgan fingerprint density at radius 1 is 1.23 bits per heavy atom. The number of oxazole rings is 1. The molecule has 0 atom stereocenters. The molecule has 4 rings (SSSR count). The molecule has 3 heterocycles. The second-order valence-corrected chi connectivity index (χ2v) is 4.88. The second-order valence-electron chi connectivity index (χ2n) is 4.88. The van der Waals surface area contributed by atoms with E-state index >= 15 is 0 Å². The number of nitrogen functional groups attached to an aromatic ring is 1. The van der Waals surface area contributed by atoms with Gasteiger partial charge in [0.05, 0.1) is 18.0 Å². The van der Waals surface area contributed by atoms with Gasteiger partial charge >= 0.3 is 5.76 Å². The van der Waals surface area contributed by atoms with Crippen molar-refractivity contribution in [3.05, 3.63) is 65.2 Å². The molecule has 0 radical (unpaired) electrons. The third-order valence-corrected chi connectivity index (χ3v) is 3.47. The molecule has 7 heteroatoms. The maximum atomic E-state index is 12.7. The maximum Gasteiger partial charge on any atom is 0.427 e. The Hall–Kier alpha value is -3.35. The maximum absolute atomic E-state index is 12.7. The molecule has 4 aromatic rings. The van der Waals surface area contributed by atoms with E-state index in [-0.39, 0.29) is 0 Å². The number of hydrogen-bond acceptors (Lipinski definition) is 5. The van der Waals surface area contributed by atoms with Crippen molar-refractivity contribution < 1.29 is 9.21 Å². The van der Waals surface area contributed by atoms with Gasteiger partial charge in [-0.3, -0.25) is 4.79 Å². The van der Waals surface area contributed by atoms with Gasteiger partial charge < -0.3 is 14.6 Å². The van der Waals surface area contributed by atoms with Crippen LogP contribution in [-0.4, -0.2) is 19.9 Å². The zero-order chi connectivity index (χ0) is 15.3. The molecule has 0 bridgehead atoms. The average molecular weight is 294 g/mol. The first kappa shape index (κ1) is 12.4. The van der Waals surface area contributed by atoms with Crippen molar-refractivity contribution in [3.63, 3.8) is 0 Å². The summed E-state index contributed by atoms with van der Waals surface area (Å²) in [5.74, 6) is -1.21. The van der Waals surface area contributed by atoms with Crippen LogP contribution in [0.5, 0.6) is 0 Å². The molecule has 108 valence electrons. The van der Waals surface area contributed by atoms with Crippen LogP contribution in [0.3, 0.4) is 0 Å². The Morgan fingerprint density at radius 3 is 2.95 bits per heavy atom. The molecule has 0 saturated carbocycles. The lowest BCUT2D eigenvalue weighted by Gasteiger charge is -2.03. The van der Waals surface area contributed by atoms with Crippen LogP contribution < -0.4 is 11.5 Å². The van der Waals surface area contributed by atoms with Crippen LogP contribution in [0.25, 0.3) is 16.6 Å². The van der Waals surface area contributed by atoms with Crippen molar-refractivity contribution in [2.75, 3.05) is 5.73 Å². The Labute approximate surface area is 123 Å². The van der Waals surface area contributed by atoms with E-state index in [0.717, 1.165) is 10.1 Å². The van der Waals surface area contributed by atoms with E-state index in [2.05, 4.69) is 4.98 Å². The molecule has 0 fully saturated rings. The van der Waals surface area contributed by atoms with Crippen LogP contribution in [0.15, 0.2) is 58.3 Å². The molecule has 3 aromatic heterocycles. The molecule has 0 aliphatic carbocycles. The van der Waals surface area contributed by atoms with Crippen LogP contribution in [0, 0.1) is 0 Å². The van der Waals surface area contributed by atoms with Crippen molar-refractivity contribution in [2.45, 2.75) is 0 Å². The highest BCUT2D eigenvalue weighted by Gasteiger charge is 2.18. The summed E-state index contributed by atoms with van der Waals surface area (Å²) in [5.41, 5.74) is 7.95. The standard InChI is InChI=1S/C15H10N4O3/c16-10-1-2-13-12(6-10)19(15(21)22-13)14(20)9-3-4-18-8-17-7-11(18)5-9/h1-8H,16H2. The number of imidazole rings is 1. The number of benzene rings is 1. The molecule has 0 saturated heterocycles. The number of aromatic nitrogens is 3. The summed E-state index contributed by atoms with van der Waals surface area (Å²) >= 11 is 0. The first-order valence-electron chi connectivity index (χ1n) is 6.51. The summed E-state index contributed by atoms with van der Waals surface area (Å²) in [6.07, 6.45) is 4.96. The Balaban J connectivity index is 1.93. The number of carbonyl (C=O) groups is 1. The van der Waals surface area contributed by atoms with Crippen molar-refractivity contribution in [3.8, 4) is 0 Å². The lowest BCUT2D eigenvalue weighted by atomic mass is 10.2. The summed E-state index contributed by atoms with van der Waals surface area (Å²) in [4.78, 5) is 28.6. The van der Waals surface area contributed by atoms with E-state index in [1.165, 1.54) is 6.07 Å². The monoisotopic (exact) mass is 294 g/mol. The number of pyridine rings is 1. The molecule has 2 N–H and O–H groups in total. The molecule has 22 heavy (non-hydrogen) atoms. The van der Waals surface area contributed by atoms with Gasteiger partial charge in [-0.25, -0.2) is 14.3 Å². The molecule has 0 amide bonds. The molecule has 0 spiro atoms. The summed E-state index contributed by atoms with van der Waals surface area (Å²) < 4.78 is 7.83. The van der Waals surface area contributed by atoms with E-state index in [1.807, 2.05) is 0 Å². The number of nitrogens with two attached hydrogens (primary N) is 1. The SMILES string of the molecule is Nc1ccc2oc(=O)n(C(=O)c3ccn4cncc4c3)c2c1. The van der Waals surface area contributed by atoms with Crippen molar-refractivity contribution in [1.82, 2.24) is 14.0 Å². The van der Waals surface area contributed by atoms with Crippen molar-refractivity contribution in [2.24, 2.45) is 0 Å². The Kier molecular flexibility index (Phi) is 2.43. The minimum atomic E-state index is -0.737. The van der Waals surface area contributed by atoms with Gasteiger partial charge in [-0.2, -0.15) is 0 Å². The molecular weight excluding hydrogens is 284 g/mol. The summed E-state index contributed by atoms with van der Waals surface area (Å²) in [7, 11) is 0. The molecule has 0 aliphatic rings. The largest absolute Gasteiger partial charge is 0.427 e. The van der Waals surface area contributed by atoms with Gasteiger partial charge in [0.2, 0.25) is 0 Å². The topological polar surface area (TPSA) is 95.5 Å². The number of nitrogens with zero attached hydrogens (tertiary/aromatic N) is 3. The highest BCUT2D eigenvalue weighted by molar-refractivity contribution is 6.01. The van der Waals surface area contributed by atoms with E-state index in [1.54, 1.807) is 47.4 Å². The molecule has 7 nitrogen and oxygen atoms in total. The average Bonchev–Trinajstić information content (AvgIpc) is 3.08. The smallest absolute Gasteiger partial charge is 0.407 e. The second kappa shape index (κ2) is 4.32. The summed E-state index contributed by atoms with van der Waals surface area (Å²) in [6.45, 7) is 0. The quantitative estimate of drug-likeness (QED) is 0.537. The fourth-order valence-corrected chi connectivity index (χ4v) is 2.41. The van der Waals surface area contributed by atoms with Gasteiger partial charge in [0.15, 0.2) is 5.58 Å². The Bertz CT molecular complexity index is 1090. The van der Waals surface area contributed by atoms with Crippen LogP contribution in [0.2, 0.25) is 0 Å². The van der Waals surface area contributed by atoms with E-state index in [4.69, 9.17) is 10.2 Å². The highest BCUT2D eigenvalue weighted by atomic mass is 16.4. The van der Waals surface area contributed by atoms with Crippen LogP contribution in [-0.2, 0) is 0 Å². The van der Waals surface area contributed by atoms with Gasteiger partial charge in [-0.05, 0) is 30.3 Å². The zero-order valence-corrected chi connectivity index (χ0v) is 11.3. The highest BCUT2D eigenvalue weighted by Crippen LogP contribution is 2.18. The molecular formula is C15H10N4O3. The first-order valence-corrected chi connectivity index (χ1v) is 6.51. The van der Waals surface area contributed by atoms with Crippen LogP contribution in [0.1, 0.15) is 10.4 Å². The van der Waals surface area contributed by atoms with Crippen LogP contribution in [0.4, 0.5) is 5.69 Å². The zero-order valence-electron chi connectivity index (χ0n) is 11.3. The fraction of sp³-hybridized carbons (Fsp3) is 0. The van der Waals surface area contributed by atoms with Gasteiger partial charge in [0.25, 0.3) is 5.91 Å². The van der Waals surface area contributed by atoms with Gasteiger partial charge in [-0.15, -0.1) is 0 Å². The lowest BCUT2D eigenvalue weighted by Crippen LogP contribution is -2.23. The molecule has 0 aliphatic heterocycles. The summed E-state index contributed by atoms with van der Waals surface area (Å²) in [6, 6.07) is 7.99. The van der Waals surface area contributed by atoms with Crippen molar-refractivity contribution >= 4 is 28.2 Å². The van der Waals surface area contributed by atoms with E-state index in [0.29, 0.717) is 22.4 Å². The summed E-state index contributed by atoms with van der Waals surface area (Å²) in [5, 5.41) is 0. The van der Waals surface area contributed by atoms with E-state index in [9.17, 15) is 9.59 Å². The number of hydrogen-bond donors (Lipinski definition) is 1. The minimum absolute atomic E-state index is 0.318. The van der Waals surface area contributed by atoms with E-state index < -0.39 is 11.7 Å². The minimum Gasteiger partial charge on any atom is -0.407 e. The molecule has 0 unspecified atom stereocenters.